The maximum atomic E-state index is 10.9. The van der Waals surface area contributed by atoms with Crippen molar-refractivity contribution in [2.75, 3.05) is 14.2 Å². The normalized spacial score (nSPS) is 9.58. The van der Waals surface area contributed by atoms with Gasteiger partial charge in [-0.1, -0.05) is 6.58 Å². The topological polar surface area (TPSA) is 77.1 Å². The lowest BCUT2D eigenvalue weighted by Crippen LogP contribution is -2.10. The van der Waals surface area contributed by atoms with Crippen LogP contribution in [0.2, 0.25) is 0 Å². The van der Waals surface area contributed by atoms with E-state index in [9.17, 15) is 9.90 Å². The number of hydrogen-bond donors (Lipinski definition) is 0. The van der Waals surface area contributed by atoms with E-state index in [0.717, 1.165) is 0 Å². The predicted octanol–water partition coefficient (Wildman–Crippen LogP) is 0.719. The van der Waals surface area contributed by atoms with Gasteiger partial charge in [0.2, 0.25) is 13.7 Å². The zero-order valence-electron chi connectivity index (χ0n) is 10.6. The number of ether oxygens (including phenoxy) is 4. The maximum Gasteiger partial charge on any atom is 0.236 e. The van der Waals surface area contributed by atoms with E-state index in [1.165, 1.54) is 26.4 Å². The molecule has 0 aliphatic carbocycles. The molecule has 0 aromatic heterocycles. The van der Waals surface area contributed by atoms with Gasteiger partial charge in [0.25, 0.3) is 0 Å². The Balaban J connectivity index is 3.11. The summed E-state index contributed by atoms with van der Waals surface area (Å²) in [5, 5.41) is 10.9. The highest BCUT2D eigenvalue weighted by molar-refractivity contribution is 6.55. The molecule has 7 heteroatoms. The molecule has 0 spiro atoms. The van der Waals surface area contributed by atoms with E-state index in [0.29, 0.717) is 5.56 Å². The number of rotatable bonds is 6. The third-order valence-electron chi connectivity index (χ3n) is 2.12. The summed E-state index contributed by atoms with van der Waals surface area (Å²) in [4.78, 5) is 10.6. The summed E-state index contributed by atoms with van der Waals surface area (Å²) in [5.74, 6) is -1.05. The first kappa shape index (κ1) is 14.8. The van der Waals surface area contributed by atoms with Gasteiger partial charge in [0.15, 0.2) is 0 Å². The molecule has 0 heterocycles. The first-order valence-electron chi connectivity index (χ1n) is 5.18. The van der Waals surface area contributed by atoms with Gasteiger partial charge in [-0.3, -0.25) is 4.79 Å². The van der Waals surface area contributed by atoms with Crippen LogP contribution >= 0.6 is 0 Å². The van der Waals surface area contributed by atoms with Crippen LogP contribution in [0.5, 0.6) is 17.2 Å². The lowest BCUT2D eigenvalue weighted by Gasteiger charge is -2.21. The van der Waals surface area contributed by atoms with Gasteiger partial charge in [-0.2, -0.15) is 0 Å². The van der Waals surface area contributed by atoms with Gasteiger partial charge in [0, 0.05) is 5.95 Å². The van der Waals surface area contributed by atoms with Gasteiger partial charge in [0.05, 0.1) is 20.0 Å². The average Bonchev–Trinajstić information content (AvgIpc) is 2.36. The van der Waals surface area contributed by atoms with E-state index in [4.69, 9.17) is 22.1 Å². The van der Waals surface area contributed by atoms with Crippen LogP contribution in [0.4, 0.5) is 4.79 Å². The lowest BCUT2D eigenvalue weighted by molar-refractivity contribution is -0.341. The maximum absolute atomic E-state index is 10.9. The quantitative estimate of drug-likeness (QED) is 0.556. The smallest absolute Gasteiger partial charge is 0.236 e. The van der Waals surface area contributed by atoms with Crippen molar-refractivity contribution < 1.29 is 28.8 Å². The first-order chi connectivity index (χ1) is 8.97. The molecular formula is C12H12BO6-. The van der Waals surface area contributed by atoms with Gasteiger partial charge >= 0.3 is 0 Å². The Morgan fingerprint density at radius 1 is 1.32 bits per heavy atom. The van der Waals surface area contributed by atoms with Gasteiger partial charge in [-0.15, -0.1) is 0 Å². The van der Waals surface area contributed by atoms with Gasteiger partial charge in [0.1, 0.15) is 18.1 Å². The molecule has 1 aromatic carbocycles. The van der Waals surface area contributed by atoms with Crippen LogP contribution in [-0.4, -0.2) is 27.9 Å². The minimum absolute atomic E-state index is 0.0549. The van der Waals surface area contributed by atoms with Crippen molar-refractivity contribution >= 4 is 13.7 Å². The molecule has 19 heavy (non-hydrogen) atoms. The third-order valence-corrected chi connectivity index (χ3v) is 2.12. The second-order valence-corrected chi connectivity index (χ2v) is 3.41. The summed E-state index contributed by atoms with van der Waals surface area (Å²) >= 11 is 0. The minimum Gasteiger partial charge on any atom is -0.574 e. The predicted molar refractivity (Wildman–Crippen MR) is 65.3 cm³/mol. The van der Waals surface area contributed by atoms with Crippen molar-refractivity contribution in [1.29, 1.82) is 0 Å². The number of carbonyl (C=O) groups is 1. The van der Waals surface area contributed by atoms with Crippen molar-refractivity contribution in [3.63, 3.8) is 0 Å². The van der Waals surface area contributed by atoms with E-state index in [1.807, 2.05) is 0 Å². The number of benzene rings is 1. The zero-order chi connectivity index (χ0) is 14.4. The molecular weight excluding hydrogens is 251 g/mol. The lowest BCUT2D eigenvalue weighted by atomic mass is 10.1. The first-order valence-corrected chi connectivity index (χ1v) is 5.18. The fraction of sp³-hybridized carbons (Fsp3) is 0.250. The Morgan fingerprint density at radius 2 is 1.84 bits per heavy atom. The molecule has 0 fully saturated rings. The van der Waals surface area contributed by atoms with Crippen molar-refractivity contribution in [2.24, 2.45) is 0 Å². The van der Waals surface area contributed by atoms with Gasteiger partial charge in [-0.05, 0) is 17.7 Å². The molecule has 0 saturated carbocycles. The second kappa shape index (κ2) is 6.58. The van der Waals surface area contributed by atoms with Crippen LogP contribution < -0.4 is 19.3 Å². The van der Waals surface area contributed by atoms with Crippen LogP contribution in [0.3, 0.4) is 0 Å². The fourth-order valence-corrected chi connectivity index (χ4v) is 1.39. The second-order valence-electron chi connectivity index (χ2n) is 3.41. The van der Waals surface area contributed by atoms with Crippen molar-refractivity contribution in [1.82, 2.24) is 0 Å². The molecule has 100 valence electrons. The summed E-state index contributed by atoms with van der Waals surface area (Å²) in [5.41, 5.74) is 0.566. The Bertz CT molecular complexity index is 460. The molecule has 0 aliphatic rings. The molecule has 0 saturated heterocycles. The van der Waals surface area contributed by atoms with Crippen molar-refractivity contribution in [3.8, 4) is 17.2 Å². The summed E-state index contributed by atoms with van der Waals surface area (Å²) in [7, 11) is 7.67. The Labute approximate surface area is 111 Å². The number of methoxy groups -OCH3 is 2. The Hall–Kier alpha value is -2.31. The SMILES string of the molecule is [B]C(=O)OCc1cc(OC)c(OC(=C)[O-])c(OC)c1. The molecule has 0 aliphatic heterocycles. The summed E-state index contributed by atoms with van der Waals surface area (Å²) < 4.78 is 19.7. The third kappa shape index (κ3) is 4.13. The molecule has 0 N–H and O–H groups in total. The van der Waals surface area contributed by atoms with Gasteiger partial charge < -0.3 is 24.1 Å². The van der Waals surface area contributed by atoms with Crippen LogP contribution in [0, 0.1) is 0 Å². The molecule has 0 atom stereocenters. The van der Waals surface area contributed by atoms with Crippen molar-refractivity contribution in [2.45, 2.75) is 6.61 Å². The molecule has 0 unspecified atom stereocenters. The largest absolute Gasteiger partial charge is 0.574 e. The average molecular weight is 263 g/mol. The molecule has 1 aromatic rings. The molecule has 0 bridgehead atoms. The Morgan fingerprint density at radius 3 is 2.21 bits per heavy atom. The van der Waals surface area contributed by atoms with Crippen LogP contribution in [0.15, 0.2) is 24.7 Å². The van der Waals surface area contributed by atoms with E-state index in [2.05, 4.69) is 11.3 Å². The highest BCUT2D eigenvalue weighted by Gasteiger charge is 2.11. The number of carbonyl (C=O) groups excluding carboxylic acids is 1. The Kier molecular flexibility index (Phi) is 5.11. The molecule has 1 rings (SSSR count). The van der Waals surface area contributed by atoms with Crippen LogP contribution in [0.1, 0.15) is 5.56 Å². The van der Waals surface area contributed by atoms with Gasteiger partial charge in [-0.25, -0.2) is 0 Å². The number of hydrogen-bond acceptors (Lipinski definition) is 6. The van der Waals surface area contributed by atoms with Crippen LogP contribution in [-0.2, 0) is 11.3 Å². The van der Waals surface area contributed by atoms with E-state index in [-0.39, 0.29) is 23.9 Å². The summed E-state index contributed by atoms with van der Waals surface area (Å²) in [6, 6.07) is 3.06. The van der Waals surface area contributed by atoms with E-state index < -0.39 is 11.8 Å². The highest BCUT2D eigenvalue weighted by atomic mass is 16.6. The fourth-order valence-electron chi connectivity index (χ4n) is 1.39. The zero-order valence-corrected chi connectivity index (χ0v) is 10.6. The molecule has 0 amide bonds. The monoisotopic (exact) mass is 263 g/mol. The summed E-state index contributed by atoms with van der Waals surface area (Å²) in [6.07, 6.45) is 0. The minimum atomic E-state index is -0.897. The van der Waals surface area contributed by atoms with E-state index >= 15 is 0 Å². The highest BCUT2D eigenvalue weighted by Crippen LogP contribution is 2.39. The molecule has 6 nitrogen and oxygen atoms in total. The summed E-state index contributed by atoms with van der Waals surface area (Å²) in [6.45, 7) is 3.05. The van der Waals surface area contributed by atoms with Crippen molar-refractivity contribution in [3.05, 3.63) is 30.2 Å². The van der Waals surface area contributed by atoms with E-state index in [1.54, 1.807) is 0 Å². The van der Waals surface area contributed by atoms with Crippen LogP contribution in [0.25, 0.3) is 0 Å². The molecule has 2 radical (unpaired) electrons. The standard InChI is InChI=1S/C12H13BO6/c1-7(14)19-11-9(16-2)4-8(5-10(11)17-3)6-18-12(13)15/h4-5,14H,1,6H2,2-3H3/p-1.